The monoisotopic (exact) mass is 297 g/mol. The van der Waals surface area contributed by atoms with Gasteiger partial charge in [-0.1, -0.05) is 0 Å². The van der Waals surface area contributed by atoms with Gasteiger partial charge in [-0.25, -0.2) is 13.1 Å². The molecule has 6 nitrogen and oxygen atoms in total. The van der Waals surface area contributed by atoms with E-state index >= 15 is 0 Å². The number of hydrogen-bond acceptors (Lipinski definition) is 5. The minimum Gasteiger partial charge on any atom is -0.398 e. The van der Waals surface area contributed by atoms with Crippen LogP contribution in [-0.4, -0.2) is 24.7 Å². The number of sulfonamides is 1. The highest BCUT2D eigenvalue weighted by Crippen LogP contribution is 2.26. The summed E-state index contributed by atoms with van der Waals surface area (Å²) in [5, 5.41) is 18.8. The number of nitrogens with two attached hydrogens (primary N) is 1. The molecule has 0 aliphatic heterocycles. The van der Waals surface area contributed by atoms with E-state index in [9.17, 15) is 13.5 Å². The number of benzene rings is 1. The summed E-state index contributed by atoms with van der Waals surface area (Å²) in [4.78, 5) is -0.117. The van der Waals surface area contributed by atoms with Crippen molar-refractivity contribution in [1.82, 2.24) is 4.72 Å². The number of nitrogens with zero attached hydrogens (tertiary/aromatic N) is 1. The smallest absolute Gasteiger partial charge is 0.243 e. The summed E-state index contributed by atoms with van der Waals surface area (Å²) in [5.41, 5.74) is 3.59. The number of aliphatic hydroxyl groups is 1. The molecule has 0 unspecified atom stereocenters. The van der Waals surface area contributed by atoms with Crippen LogP contribution in [-0.2, 0) is 10.0 Å². The van der Waals surface area contributed by atoms with E-state index in [4.69, 9.17) is 11.0 Å². The second kappa shape index (κ2) is 5.05. The molecule has 20 heavy (non-hydrogen) atoms. The van der Waals surface area contributed by atoms with Gasteiger partial charge in [0, 0.05) is 0 Å². The van der Waals surface area contributed by atoms with Crippen molar-refractivity contribution in [3.8, 4) is 6.07 Å². The summed E-state index contributed by atoms with van der Waals surface area (Å²) < 4.78 is 27.1. The van der Waals surface area contributed by atoms with Crippen LogP contribution in [0.4, 0.5) is 5.69 Å². The molecule has 0 heterocycles. The molecular formula is C13H19N3O3S. The van der Waals surface area contributed by atoms with Crippen molar-refractivity contribution in [2.75, 3.05) is 5.73 Å². The van der Waals surface area contributed by atoms with Crippen LogP contribution in [0.25, 0.3) is 0 Å². The number of rotatable bonds is 4. The normalized spacial score (nSPS) is 13.0. The molecule has 0 aromatic heterocycles. The van der Waals surface area contributed by atoms with Crippen LogP contribution in [0.2, 0.25) is 0 Å². The van der Waals surface area contributed by atoms with Crippen LogP contribution in [0.5, 0.6) is 0 Å². The quantitative estimate of drug-likeness (QED) is 0.716. The molecule has 0 aliphatic carbocycles. The summed E-state index contributed by atoms with van der Waals surface area (Å²) in [7, 11) is -3.90. The van der Waals surface area contributed by atoms with Crippen molar-refractivity contribution in [2.45, 2.75) is 43.7 Å². The molecule has 0 spiro atoms. The van der Waals surface area contributed by atoms with Crippen LogP contribution >= 0.6 is 0 Å². The maximum atomic E-state index is 12.3. The first kappa shape index (κ1) is 16.4. The fraction of sp³-hybridized carbons (Fsp3) is 0.462. The van der Waals surface area contributed by atoms with Gasteiger partial charge in [0.05, 0.1) is 28.5 Å². The summed E-state index contributed by atoms with van der Waals surface area (Å²) in [6.45, 7) is 6.17. The van der Waals surface area contributed by atoms with Gasteiger partial charge in [0.2, 0.25) is 10.0 Å². The SMILES string of the molecule is CC(C)(O)C(C)(C)NS(=O)(=O)c1ccc(C#N)cc1N. The van der Waals surface area contributed by atoms with Gasteiger partial charge >= 0.3 is 0 Å². The Morgan fingerprint density at radius 3 is 2.25 bits per heavy atom. The molecule has 7 heteroatoms. The Kier molecular flexibility index (Phi) is 4.15. The highest BCUT2D eigenvalue weighted by atomic mass is 32.2. The second-order valence-electron chi connectivity index (χ2n) is 5.65. The van der Waals surface area contributed by atoms with Crippen LogP contribution in [0.1, 0.15) is 33.3 Å². The molecule has 0 fully saturated rings. The van der Waals surface area contributed by atoms with Crippen molar-refractivity contribution < 1.29 is 13.5 Å². The zero-order chi connectivity index (χ0) is 15.8. The summed E-state index contributed by atoms with van der Waals surface area (Å²) in [6, 6.07) is 5.83. The van der Waals surface area contributed by atoms with E-state index in [0.29, 0.717) is 0 Å². The summed E-state index contributed by atoms with van der Waals surface area (Å²) >= 11 is 0. The second-order valence-corrected chi connectivity index (χ2v) is 7.30. The molecule has 0 aliphatic rings. The van der Waals surface area contributed by atoms with Crippen LogP contribution < -0.4 is 10.5 Å². The third-order valence-corrected chi connectivity index (χ3v) is 5.08. The minimum absolute atomic E-state index is 0.0110. The predicted octanol–water partition coefficient (Wildman–Crippen LogP) is 0.968. The molecule has 0 saturated carbocycles. The summed E-state index contributed by atoms with van der Waals surface area (Å²) in [5.74, 6) is 0. The predicted molar refractivity (Wildman–Crippen MR) is 76.3 cm³/mol. The van der Waals surface area contributed by atoms with Crippen LogP contribution in [0.3, 0.4) is 0 Å². The minimum atomic E-state index is -3.90. The molecule has 1 aromatic carbocycles. The molecule has 0 radical (unpaired) electrons. The van der Waals surface area contributed by atoms with Crippen LogP contribution in [0.15, 0.2) is 23.1 Å². The van der Waals surface area contributed by atoms with Gasteiger partial charge in [0.1, 0.15) is 4.90 Å². The average molecular weight is 297 g/mol. The lowest BCUT2D eigenvalue weighted by molar-refractivity contribution is 0.00639. The molecule has 110 valence electrons. The molecular weight excluding hydrogens is 278 g/mol. The van der Waals surface area contributed by atoms with E-state index in [-0.39, 0.29) is 16.1 Å². The Morgan fingerprint density at radius 1 is 1.30 bits per heavy atom. The van der Waals surface area contributed by atoms with Gasteiger partial charge in [-0.15, -0.1) is 0 Å². The van der Waals surface area contributed by atoms with Gasteiger partial charge in [0.25, 0.3) is 0 Å². The van der Waals surface area contributed by atoms with Crippen molar-refractivity contribution in [3.05, 3.63) is 23.8 Å². The van der Waals surface area contributed by atoms with Gasteiger partial charge < -0.3 is 10.8 Å². The van der Waals surface area contributed by atoms with Gasteiger partial charge in [-0.2, -0.15) is 5.26 Å². The number of nitrogen functional groups attached to an aromatic ring is 1. The van der Waals surface area contributed by atoms with Gasteiger partial charge in [-0.3, -0.25) is 0 Å². The number of nitriles is 1. The molecule has 4 N–H and O–H groups in total. The highest BCUT2D eigenvalue weighted by Gasteiger charge is 2.39. The fourth-order valence-electron chi connectivity index (χ4n) is 1.38. The Bertz CT molecular complexity index is 652. The molecule has 1 aromatic rings. The lowest BCUT2D eigenvalue weighted by Gasteiger charge is -2.37. The molecule has 0 atom stereocenters. The largest absolute Gasteiger partial charge is 0.398 e. The lowest BCUT2D eigenvalue weighted by Crippen LogP contribution is -2.57. The zero-order valence-corrected chi connectivity index (χ0v) is 12.7. The standard InChI is InChI=1S/C13H19N3O3S/c1-12(2,13(3,4)17)16-20(18,19)11-6-5-9(8-14)7-10(11)15/h5-7,16-17H,15H2,1-4H3. The summed E-state index contributed by atoms with van der Waals surface area (Å²) in [6.07, 6.45) is 0. The first-order valence-electron chi connectivity index (χ1n) is 5.97. The fourth-order valence-corrected chi connectivity index (χ4v) is 3.03. The van der Waals surface area contributed by atoms with E-state index in [0.717, 1.165) is 0 Å². The molecule has 1 rings (SSSR count). The Hall–Kier alpha value is -1.62. The van der Waals surface area contributed by atoms with Gasteiger partial charge in [0.15, 0.2) is 0 Å². The lowest BCUT2D eigenvalue weighted by atomic mass is 9.87. The number of hydrogen-bond donors (Lipinski definition) is 3. The van der Waals surface area contributed by atoms with Crippen molar-refractivity contribution >= 4 is 15.7 Å². The molecule has 0 bridgehead atoms. The third-order valence-electron chi connectivity index (χ3n) is 3.35. The first-order valence-corrected chi connectivity index (χ1v) is 7.45. The number of anilines is 1. The van der Waals surface area contributed by atoms with Gasteiger partial charge in [-0.05, 0) is 45.9 Å². The zero-order valence-electron chi connectivity index (χ0n) is 11.9. The van der Waals surface area contributed by atoms with Crippen LogP contribution in [0, 0.1) is 11.3 Å². The maximum Gasteiger partial charge on any atom is 0.243 e. The van der Waals surface area contributed by atoms with E-state index in [1.807, 2.05) is 6.07 Å². The Labute approximate surface area is 119 Å². The Balaban J connectivity index is 3.23. The molecule has 0 saturated heterocycles. The van der Waals surface area contributed by atoms with E-state index in [1.165, 1.54) is 32.0 Å². The highest BCUT2D eigenvalue weighted by molar-refractivity contribution is 7.89. The third kappa shape index (κ3) is 3.28. The number of nitrogens with one attached hydrogen (secondary N) is 1. The van der Waals surface area contributed by atoms with Crippen molar-refractivity contribution in [1.29, 1.82) is 5.26 Å². The van der Waals surface area contributed by atoms with E-state index in [2.05, 4.69) is 4.72 Å². The van der Waals surface area contributed by atoms with E-state index in [1.54, 1.807) is 13.8 Å². The maximum absolute atomic E-state index is 12.3. The van der Waals surface area contributed by atoms with Crippen molar-refractivity contribution in [2.24, 2.45) is 0 Å². The average Bonchev–Trinajstić information content (AvgIpc) is 2.25. The van der Waals surface area contributed by atoms with E-state index < -0.39 is 21.2 Å². The topological polar surface area (TPSA) is 116 Å². The van der Waals surface area contributed by atoms with Crippen molar-refractivity contribution in [3.63, 3.8) is 0 Å². The molecule has 0 amide bonds. The first-order chi connectivity index (χ1) is 8.90. The Morgan fingerprint density at radius 2 is 1.85 bits per heavy atom.